The van der Waals surface area contributed by atoms with E-state index in [1.54, 1.807) is 12.2 Å². The van der Waals surface area contributed by atoms with Gasteiger partial charge in [-0.05, 0) is 48.0 Å². The summed E-state index contributed by atoms with van der Waals surface area (Å²) in [6.07, 6.45) is 5.64. The normalized spacial score (nSPS) is 12.1. The monoisotopic (exact) mass is 420 g/mol. The largest absolute Gasteiger partial charge is 0.468 e. The fraction of sp³-hybridized carbons (Fsp3) is 0.240. The Kier molecular flexibility index (Phi) is 8.91. The Balaban J connectivity index is 2.12. The lowest BCUT2D eigenvalue weighted by Gasteiger charge is -2.11. The van der Waals surface area contributed by atoms with E-state index in [1.807, 2.05) is 74.6 Å². The van der Waals surface area contributed by atoms with Crippen molar-refractivity contribution in [1.82, 2.24) is 5.32 Å². The highest BCUT2D eigenvalue weighted by Crippen LogP contribution is 2.15. The molecule has 2 aromatic rings. The van der Waals surface area contributed by atoms with Gasteiger partial charge in [0.05, 0.1) is 7.11 Å². The Morgan fingerprint density at radius 2 is 1.39 bits per heavy atom. The molecule has 0 saturated carbocycles. The van der Waals surface area contributed by atoms with Crippen molar-refractivity contribution in [3.63, 3.8) is 0 Å². The zero-order chi connectivity index (χ0) is 22.8. The second-order valence-corrected chi connectivity index (χ2v) is 7.19. The number of nitrogens with zero attached hydrogens (tertiary/aromatic N) is 1. The molecule has 162 valence electrons. The average molecular weight is 421 g/mol. The summed E-state index contributed by atoms with van der Waals surface area (Å²) in [5.74, 6) is -3.65. The predicted molar refractivity (Wildman–Crippen MR) is 124 cm³/mol. The van der Waals surface area contributed by atoms with Crippen molar-refractivity contribution in [1.29, 1.82) is 0 Å². The van der Waals surface area contributed by atoms with Crippen LogP contribution in [-0.4, -0.2) is 45.8 Å². The van der Waals surface area contributed by atoms with Crippen molar-refractivity contribution in [2.45, 2.75) is 6.54 Å². The summed E-state index contributed by atoms with van der Waals surface area (Å²) in [6, 6.07) is 15.1. The molecule has 1 atom stereocenters. The molecule has 0 aliphatic carbocycles. The van der Waals surface area contributed by atoms with Crippen molar-refractivity contribution in [3.05, 3.63) is 77.4 Å². The SMILES string of the molecule is CNCc1ccc(C=CC(=O)C(C(=O)C=Cc2ccc(N(C)C)cc2)C(=O)OC)cc1. The first-order valence-electron chi connectivity index (χ1n) is 9.88. The van der Waals surface area contributed by atoms with Crippen LogP contribution in [0.4, 0.5) is 5.69 Å². The molecule has 2 aromatic carbocycles. The molecule has 0 aliphatic rings. The van der Waals surface area contributed by atoms with Crippen LogP contribution < -0.4 is 10.2 Å². The first-order valence-corrected chi connectivity index (χ1v) is 9.88. The van der Waals surface area contributed by atoms with Gasteiger partial charge in [-0.15, -0.1) is 0 Å². The third-order valence-electron chi connectivity index (χ3n) is 4.66. The van der Waals surface area contributed by atoms with Gasteiger partial charge in [0.1, 0.15) is 0 Å². The van der Waals surface area contributed by atoms with E-state index in [4.69, 9.17) is 0 Å². The molecule has 6 heteroatoms. The van der Waals surface area contributed by atoms with Crippen molar-refractivity contribution >= 4 is 35.4 Å². The number of esters is 1. The van der Waals surface area contributed by atoms with Gasteiger partial charge in [0.15, 0.2) is 17.5 Å². The number of anilines is 1. The Labute approximate surface area is 183 Å². The molecule has 0 aromatic heterocycles. The van der Waals surface area contributed by atoms with E-state index in [0.29, 0.717) is 0 Å². The first-order chi connectivity index (χ1) is 14.8. The van der Waals surface area contributed by atoms with E-state index < -0.39 is 23.5 Å². The summed E-state index contributed by atoms with van der Waals surface area (Å²) in [7, 11) is 6.89. The van der Waals surface area contributed by atoms with E-state index in [1.165, 1.54) is 12.2 Å². The summed E-state index contributed by atoms with van der Waals surface area (Å²) in [5, 5.41) is 3.06. The molecule has 6 nitrogen and oxygen atoms in total. The Morgan fingerprint density at radius 1 is 0.903 bits per heavy atom. The molecule has 0 fully saturated rings. The summed E-state index contributed by atoms with van der Waals surface area (Å²) < 4.78 is 4.68. The first kappa shape index (κ1) is 23.8. The summed E-state index contributed by atoms with van der Waals surface area (Å²) >= 11 is 0. The molecule has 0 aliphatic heterocycles. The lowest BCUT2D eigenvalue weighted by molar-refractivity contribution is -0.150. The molecule has 0 spiro atoms. The molecular formula is C25H28N2O4. The van der Waals surface area contributed by atoms with Gasteiger partial charge in [-0.25, -0.2) is 0 Å². The Bertz CT molecular complexity index is 958. The minimum absolute atomic E-state index is 0.622. The topological polar surface area (TPSA) is 75.7 Å². The van der Waals surface area contributed by atoms with Gasteiger partial charge in [0, 0.05) is 26.3 Å². The van der Waals surface area contributed by atoms with Crippen LogP contribution in [0.15, 0.2) is 60.7 Å². The number of carbonyl (C=O) groups excluding carboxylic acids is 3. The Hall–Kier alpha value is -3.51. The van der Waals surface area contributed by atoms with Gasteiger partial charge >= 0.3 is 5.97 Å². The molecule has 0 amide bonds. The number of ketones is 2. The number of benzene rings is 2. The van der Waals surface area contributed by atoms with Gasteiger partial charge < -0.3 is 15.0 Å². The van der Waals surface area contributed by atoms with Crippen LogP contribution in [0.5, 0.6) is 0 Å². The minimum Gasteiger partial charge on any atom is -0.468 e. The molecule has 1 unspecified atom stereocenters. The highest BCUT2D eigenvalue weighted by molar-refractivity contribution is 6.24. The number of hydrogen-bond acceptors (Lipinski definition) is 6. The number of ether oxygens (including phenoxy) is 1. The predicted octanol–water partition coefficient (Wildman–Crippen LogP) is 3.13. The minimum atomic E-state index is -1.53. The lowest BCUT2D eigenvalue weighted by Crippen LogP contribution is -2.30. The second kappa shape index (κ2) is 11.6. The number of allylic oxidation sites excluding steroid dienone is 2. The maximum Gasteiger partial charge on any atom is 0.324 e. The molecular weight excluding hydrogens is 392 g/mol. The van der Waals surface area contributed by atoms with Crippen LogP contribution >= 0.6 is 0 Å². The fourth-order valence-electron chi connectivity index (χ4n) is 2.87. The molecule has 0 saturated heterocycles. The number of hydrogen-bond donors (Lipinski definition) is 1. The van der Waals surface area contributed by atoms with Crippen molar-refractivity contribution in [2.24, 2.45) is 5.92 Å². The van der Waals surface area contributed by atoms with Crippen LogP contribution in [0, 0.1) is 5.92 Å². The standard InChI is InChI=1S/C25H28N2O4/c1-26-17-20-7-5-18(6-8-20)11-15-22(28)24(25(30)31-4)23(29)16-12-19-9-13-21(14-10-19)27(2)3/h5-16,24,26H,17H2,1-4H3. The van der Waals surface area contributed by atoms with Crippen LogP contribution in [0.2, 0.25) is 0 Å². The average Bonchev–Trinajstić information content (AvgIpc) is 2.77. The van der Waals surface area contributed by atoms with E-state index in [-0.39, 0.29) is 0 Å². The van der Waals surface area contributed by atoms with Crippen molar-refractivity contribution < 1.29 is 19.1 Å². The quantitative estimate of drug-likeness (QED) is 0.362. The third kappa shape index (κ3) is 7.04. The highest BCUT2D eigenvalue weighted by Gasteiger charge is 2.31. The van der Waals surface area contributed by atoms with Gasteiger partial charge in [0.25, 0.3) is 0 Å². The van der Waals surface area contributed by atoms with Crippen molar-refractivity contribution in [3.8, 4) is 0 Å². The number of nitrogens with one attached hydrogen (secondary N) is 1. The maximum absolute atomic E-state index is 12.6. The van der Waals surface area contributed by atoms with Crippen LogP contribution in [0.25, 0.3) is 12.2 Å². The molecule has 0 heterocycles. The third-order valence-corrected chi connectivity index (χ3v) is 4.66. The number of carbonyl (C=O) groups is 3. The van der Waals surface area contributed by atoms with E-state index >= 15 is 0 Å². The number of methoxy groups -OCH3 is 1. The van der Waals surface area contributed by atoms with E-state index in [9.17, 15) is 14.4 Å². The van der Waals surface area contributed by atoms with Gasteiger partial charge in [-0.3, -0.25) is 14.4 Å². The zero-order valence-corrected chi connectivity index (χ0v) is 18.3. The molecule has 0 radical (unpaired) electrons. The molecule has 2 rings (SSSR count). The summed E-state index contributed by atoms with van der Waals surface area (Å²) in [6.45, 7) is 0.742. The highest BCUT2D eigenvalue weighted by atomic mass is 16.5. The van der Waals surface area contributed by atoms with Crippen LogP contribution in [-0.2, 0) is 25.7 Å². The van der Waals surface area contributed by atoms with Crippen LogP contribution in [0.1, 0.15) is 16.7 Å². The molecule has 1 N–H and O–H groups in total. The Morgan fingerprint density at radius 3 is 1.81 bits per heavy atom. The zero-order valence-electron chi connectivity index (χ0n) is 18.3. The van der Waals surface area contributed by atoms with E-state index in [0.717, 1.165) is 36.0 Å². The maximum atomic E-state index is 12.6. The van der Waals surface area contributed by atoms with Gasteiger partial charge in [0.2, 0.25) is 0 Å². The summed E-state index contributed by atoms with van der Waals surface area (Å²) in [4.78, 5) is 39.3. The molecule has 0 bridgehead atoms. The van der Waals surface area contributed by atoms with Crippen molar-refractivity contribution in [2.75, 3.05) is 33.2 Å². The van der Waals surface area contributed by atoms with Gasteiger partial charge in [-0.1, -0.05) is 48.6 Å². The fourth-order valence-corrected chi connectivity index (χ4v) is 2.87. The smallest absolute Gasteiger partial charge is 0.324 e. The van der Waals surface area contributed by atoms with Crippen LogP contribution in [0.3, 0.4) is 0 Å². The second-order valence-electron chi connectivity index (χ2n) is 7.19. The molecule has 31 heavy (non-hydrogen) atoms. The van der Waals surface area contributed by atoms with Gasteiger partial charge in [-0.2, -0.15) is 0 Å². The lowest BCUT2D eigenvalue weighted by atomic mass is 9.97. The summed E-state index contributed by atoms with van der Waals surface area (Å²) in [5.41, 5.74) is 3.71. The number of rotatable bonds is 10. The van der Waals surface area contributed by atoms with E-state index in [2.05, 4.69) is 10.1 Å².